The molecule has 0 saturated heterocycles. The van der Waals surface area contributed by atoms with Crippen LogP contribution in [0.25, 0.3) is 11.0 Å². The zero-order valence-corrected chi connectivity index (χ0v) is 22.6. The van der Waals surface area contributed by atoms with Crippen LogP contribution in [0.4, 0.5) is 16.2 Å². The van der Waals surface area contributed by atoms with E-state index in [0.717, 1.165) is 5.39 Å². The van der Waals surface area contributed by atoms with Crippen molar-refractivity contribution in [3.8, 4) is 11.5 Å². The van der Waals surface area contributed by atoms with Crippen LogP contribution in [0.2, 0.25) is 0 Å². The van der Waals surface area contributed by atoms with E-state index in [1.807, 2.05) is 18.4 Å². The second kappa shape index (κ2) is 12.1. The molecule has 0 saturated carbocycles. The largest absolute Gasteiger partial charge is 0.493 e. The summed E-state index contributed by atoms with van der Waals surface area (Å²) in [6, 6.07) is 12.8. The van der Waals surface area contributed by atoms with Gasteiger partial charge in [0.1, 0.15) is 17.2 Å². The van der Waals surface area contributed by atoms with Crippen LogP contribution in [0.1, 0.15) is 27.2 Å². The van der Waals surface area contributed by atoms with Crippen LogP contribution < -0.4 is 25.3 Å². The fourth-order valence-electron chi connectivity index (χ4n) is 3.58. The maximum atomic E-state index is 13.1. The number of nitrogens with zero attached hydrogens (tertiary/aromatic N) is 1. The molecule has 2 aromatic carbocycles. The lowest BCUT2D eigenvalue weighted by atomic mass is 10.1. The van der Waals surface area contributed by atoms with Crippen LogP contribution in [0, 0.1) is 0 Å². The molecule has 0 aliphatic carbocycles. The topological polar surface area (TPSA) is 107 Å². The lowest BCUT2D eigenvalue weighted by Gasteiger charge is -2.24. The van der Waals surface area contributed by atoms with Crippen LogP contribution in [0.15, 0.2) is 57.7 Å². The van der Waals surface area contributed by atoms with Gasteiger partial charge in [0.05, 0.1) is 12.8 Å². The normalized spacial score (nSPS) is 12.1. The van der Waals surface area contributed by atoms with Gasteiger partial charge in [0.15, 0.2) is 11.5 Å². The number of hydrogen-bond donors (Lipinski definition) is 1. The number of ether oxygens (including phenoxy) is 3. The number of amides is 1. The first-order chi connectivity index (χ1) is 17.5. The molecule has 0 aliphatic rings. The first-order valence-corrected chi connectivity index (χ1v) is 13.1. The van der Waals surface area contributed by atoms with E-state index in [1.165, 1.54) is 13.2 Å². The van der Waals surface area contributed by atoms with Crippen molar-refractivity contribution >= 4 is 46.2 Å². The van der Waals surface area contributed by atoms with Crippen LogP contribution in [0.5, 0.6) is 11.5 Å². The fourth-order valence-corrected chi connectivity index (χ4v) is 4.05. The summed E-state index contributed by atoms with van der Waals surface area (Å²) in [6.07, 6.45) is 1.56. The molecular formula is C27H32N2O7S. The Kier molecular flexibility index (Phi) is 9.09. The SMILES string of the molecule is COc1ccc(N(C)c2cc(=O)oc3ccccc23)cc1OC(=O)C(CCSC)NC(=O)OC(C)(C)C. The smallest absolute Gasteiger partial charge is 0.408 e. The highest BCUT2D eigenvalue weighted by molar-refractivity contribution is 7.98. The monoisotopic (exact) mass is 528 g/mol. The number of alkyl carbamates (subject to hydrolysis) is 1. The molecule has 0 radical (unpaired) electrons. The number of thioether (sulfide) groups is 1. The molecule has 198 valence electrons. The van der Waals surface area contributed by atoms with Crippen molar-refractivity contribution in [2.45, 2.75) is 38.8 Å². The predicted molar refractivity (Wildman–Crippen MR) is 145 cm³/mol. The molecule has 1 amide bonds. The standard InChI is InChI=1S/C27H32N2O7S/c1-27(2,3)36-26(32)28-19(13-14-37-6)25(31)35-23-15-17(11-12-22(23)33-5)29(4)20-16-24(30)34-21-10-8-7-9-18(20)21/h7-12,15-16,19H,13-14H2,1-6H3,(H,28,32). The summed E-state index contributed by atoms with van der Waals surface area (Å²) in [5.41, 5.74) is 0.533. The van der Waals surface area contributed by atoms with E-state index < -0.39 is 29.3 Å². The number of esters is 1. The van der Waals surface area contributed by atoms with Crippen molar-refractivity contribution in [2.24, 2.45) is 0 Å². The Morgan fingerprint density at radius 3 is 2.51 bits per heavy atom. The zero-order valence-electron chi connectivity index (χ0n) is 21.8. The van der Waals surface area contributed by atoms with E-state index in [9.17, 15) is 14.4 Å². The third kappa shape index (κ3) is 7.42. The number of carbonyl (C=O) groups is 2. The third-order valence-corrected chi connectivity index (χ3v) is 5.96. The number of benzene rings is 2. The Morgan fingerprint density at radius 2 is 1.84 bits per heavy atom. The molecule has 1 unspecified atom stereocenters. The van der Waals surface area contributed by atoms with Crippen molar-refractivity contribution in [3.05, 3.63) is 59.0 Å². The van der Waals surface area contributed by atoms with E-state index >= 15 is 0 Å². The number of nitrogens with one attached hydrogen (secondary N) is 1. The molecule has 1 atom stereocenters. The molecular weight excluding hydrogens is 496 g/mol. The van der Waals surface area contributed by atoms with Gasteiger partial charge < -0.3 is 28.8 Å². The summed E-state index contributed by atoms with van der Waals surface area (Å²) in [4.78, 5) is 39.4. The van der Waals surface area contributed by atoms with Crippen molar-refractivity contribution in [2.75, 3.05) is 31.1 Å². The molecule has 10 heteroatoms. The number of hydrogen-bond acceptors (Lipinski definition) is 9. The maximum Gasteiger partial charge on any atom is 0.408 e. The second-order valence-corrected chi connectivity index (χ2v) is 10.2. The number of methoxy groups -OCH3 is 1. The molecule has 1 N–H and O–H groups in total. The zero-order chi connectivity index (χ0) is 27.2. The molecule has 1 heterocycles. The predicted octanol–water partition coefficient (Wildman–Crippen LogP) is 5.12. The van der Waals surface area contributed by atoms with E-state index in [4.69, 9.17) is 18.6 Å². The number of rotatable bonds is 9. The second-order valence-electron chi connectivity index (χ2n) is 9.24. The van der Waals surface area contributed by atoms with Crippen LogP contribution >= 0.6 is 11.8 Å². The molecule has 0 spiro atoms. The Morgan fingerprint density at radius 1 is 1.11 bits per heavy atom. The first kappa shape index (κ1) is 27.9. The molecule has 37 heavy (non-hydrogen) atoms. The number of para-hydroxylation sites is 1. The van der Waals surface area contributed by atoms with Crippen molar-refractivity contribution < 1.29 is 28.2 Å². The Hall–Kier alpha value is -3.66. The van der Waals surface area contributed by atoms with Gasteiger partial charge >= 0.3 is 17.7 Å². The van der Waals surface area contributed by atoms with Crippen LogP contribution in [-0.4, -0.2) is 49.9 Å². The summed E-state index contributed by atoms with van der Waals surface area (Å²) < 4.78 is 21.7. The quantitative estimate of drug-likeness (QED) is 0.230. The summed E-state index contributed by atoms with van der Waals surface area (Å²) in [5.74, 6) is 0.482. The van der Waals surface area contributed by atoms with Gasteiger partial charge in [0.2, 0.25) is 0 Å². The Bertz CT molecular complexity index is 1320. The van der Waals surface area contributed by atoms with E-state index in [2.05, 4.69) is 5.32 Å². The van der Waals surface area contributed by atoms with Gasteiger partial charge in [0.25, 0.3) is 0 Å². The number of carbonyl (C=O) groups excluding carboxylic acids is 2. The van der Waals surface area contributed by atoms with Crippen molar-refractivity contribution in [1.29, 1.82) is 0 Å². The average molecular weight is 529 g/mol. The first-order valence-electron chi connectivity index (χ1n) is 11.7. The van der Waals surface area contributed by atoms with Crippen molar-refractivity contribution in [1.82, 2.24) is 5.32 Å². The minimum atomic E-state index is -0.920. The highest BCUT2D eigenvalue weighted by Gasteiger charge is 2.27. The minimum Gasteiger partial charge on any atom is -0.493 e. The summed E-state index contributed by atoms with van der Waals surface area (Å²) >= 11 is 1.54. The maximum absolute atomic E-state index is 13.1. The average Bonchev–Trinajstić information content (AvgIpc) is 2.84. The minimum absolute atomic E-state index is 0.171. The van der Waals surface area contributed by atoms with Crippen molar-refractivity contribution in [3.63, 3.8) is 0 Å². The molecule has 0 aliphatic heterocycles. The van der Waals surface area contributed by atoms with Gasteiger partial charge in [-0.15, -0.1) is 0 Å². The molecule has 3 rings (SSSR count). The number of anilines is 2. The van der Waals surface area contributed by atoms with Gasteiger partial charge in [-0.05, 0) is 63.5 Å². The highest BCUT2D eigenvalue weighted by atomic mass is 32.2. The third-order valence-electron chi connectivity index (χ3n) is 5.32. The van der Waals surface area contributed by atoms with Crippen LogP contribution in [0.3, 0.4) is 0 Å². The van der Waals surface area contributed by atoms with Crippen LogP contribution in [-0.2, 0) is 9.53 Å². The van der Waals surface area contributed by atoms with Gasteiger partial charge in [0, 0.05) is 30.3 Å². The van der Waals surface area contributed by atoms with E-state index in [0.29, 0.717) is 34.9 Å². The summed E-state index contributed by atoms with van der Waals surface area (Å²) in [6.45, 7) is 5.23. The lowest BCUT2D eigenvalue weighted by Crippen LogP contribution is -2.45. The Labute approximate surface area is 220 Å². The summed E-state index contributed by atoms with van der Waals surface area (Å²) in [5, 5.41) is 3.36. The Balaban J connectivity index is 1.90. The van der Waals surface area contributed by atoms with E-state index in [-0.39, 0.29) is 5.75 Å². The van der Waals surface area contributed by atoms with Gasteiger partial charge in [-0.3, -0.25) is 0 Å². The van der Waals surface area contributed by atoms with Gasteiger partial charge in [-0.1, -0.05) is 12.1 Å². The fraction of sp³-hybridized carbons (Fsp3) is 0.370. The molecule has 1 aromatic heterocycles. The molecule has 3 aromatic rings. The highest BCUT2D eigenvalue weighted by Crippen LogP contribution is 2.36. The van der Waals surface area contributed by atoms with Gasteiger partial charge in [-0.25, -0.2) is 14.4 Å². The van der Waals surface area contributed by atoms with E-state index in [1.54, 1.807) is 74.8 Å². The number of fused-ring (bicyclic) bond motifs is 1. The lowest BCUT2D eigenvalue weighted by molar-refractivity contribution is -0.136. The molecule has 0 bridgehead atoms. The molecule has 0 fully saturated rings. The molecule has 9 nitrogen and oxygen atoms in total. The summed E-state index contributed by atoms with van der Waals surface area (Å²) in [7, 11) is 3.26. The van der Waals surface area contributed by atoms with Gasteiger partial charge in [-0.2, -0.15) is 11.8 Å².